The minimum atomic E-state index is -1.84. The number of cyclic esters (lactones) is 1. The third-order valence-corrected chi connectivity index (χ3v) is 5.85. The number of benzene rings is 1. The van der Waals surface area contributed by atoms with Crippen LogP contribution in [-0.2, 0) is 28.3 Å². The molecule has 0 unspecified atom stereocenters. The summed E-state index contributed by atoms with van der Waals surface area (Å²) in [4.78, 5) is 30.2. The fourth-order valence-corrected chi connectivity index (χ4v) is 4.25. The van der Waals surface area contributed by atoms with Gasteiger partial charge in [-0.05, 0) is 30.7 Å². The number of aliphatic hydroxyl groups excluding tert-OH is 1. The summed E-state index contributed by atoms with van der Waals surface area (Å²) in [5, 5.41) is 20.8. The fraction of sp³-hybridized carbons (Fsp3) is 0.261. The van der Waals surface area contributed by atoms with Gasteiger partial charge in [0.15, 0.2) is 5.60 Å². The maximum Gasteiger partial charge on any atom is 0.343 e. The van der Waals surface area contributed by atoms with E-state index in [0.29, 0.717) is 34.6 Å². The molecule has 2 N–H and O–H groups in total. The van der Waals surface area contributed by atoms with Crippen LogP contribution in [0.25, 0.3) is 22.3 Å². The number of hydrogen-bond donors (Lipinski definition) is 2. The Kier molecular flexibility index (Phi) is 4.03. The Morgan fingerprint density at radius 2 is 2.13 bits per heavy atom. The van der Waals surface area contributed by atoms with Crippen molar-refractivity contribution in [1.29, 1.82) is 0 Å². The molecular formula is C23H18N2O5. The number of ether oxygens (including phenoxy) is 1. The largest absolute Gasteiger partial charge is 0.458 e. The minimum absolute atomic E-state index is 0.104. The van der Waals surface area contributed by atoms with Crippen LogP contribution in [0.1, 0.15) is 35.6 Å². The number of carbonyl (C=O) groups is 1. The first-order chi connectivity index (χ1) is 14.5. The van der Waals surface area contributed by atoms with E-state index in [-0.39, 0.29) is 25.2 Å². The second-order valence-corrected chi connectivity index (χ2v) is 7.43. The van der Waals surface area contributed by atoms with Crippen molar-refractivity contribution in [2.75, 3.05) is 6.61 Å². The highest BCUT2D eigenvalue weighted by molar-refractivity contribution is 5.89. The first-order valence-corrected chi connectivity index (χ1v) is 9.67. The Hall–Kier alpha value is -3.47. The second-order valence-electron chi connectivity index (χ2n) is 7.43. The van der Waals surface area contributed by atoms with Crippen LogP contribution in [0.2, 0.25) is 0 Å². The smallest absolute Gasteiger partial charge is 0.343 e. The van der Waals surface area contributed by atoms with Crippen LogP contribution in [0.4, 0.5) is 0 Å². The van der Waals surface area contributed by atoms with E-state index < -0.39 is 11.6 Å². The molecule has 1 aromatic carbocycles. The molecular weight excluding hydrogens is 384 g/mol. The zero-order valence-corrected chi connectivity index (χ0v) is 16.2. The summed E-state index contributed by atoms with van der Waals surface area (Å²) >= 11 is 0. The Morgan fingerprint density at radius 3 is 2.90 bits per heavy atom. The molecule has 0 saturated heterocycles. The number of aliphatic hydroxyl groups is 2. The summed E-state index contributed by atoms with van der Waals surface area (Å²) in [6.45, 7) is 1.63. The van der Waals surface area contributed by atoms with E-state index >= 15 is 0 Å². The highest BCUT2D eigenvalue weighted by atomic mass is 16.6. The number of esters is 1. The van der Waals surface area contributed by atoms with Gasteiger partial charge in [0.2, 0.25) is 0 Å². The molecule has 0 bridgehead atoms. The number of pyridine rings is 2. The number of hydrogen-bond acceptors (Lipinski definition) is 6. The SMILES string of the molecule is CC[C@@]1(O)C(=O)OCc2c1cc1n(c2=O)Cc2cc3c(C#CCO)cccc3nc2-1. The van der Waals surface area contributed by atoms with Crippen LogP contribution in [0, 0.1) is 11.8 Å². The molecule has 7 heteroatoms. The highest BCUT2D eigenvalue weighted by Crippen LogP contribution is 2.38. The van der Waals surface area contributed by atoms with Gasteiger partial charge >= 0.3 is 5.97 Å². The van der Waals surface area contributed by atoms with Crippen molar-refractivity contribution in [3.8, 4) is 23.2 Å². The van der Waals surface area contributed by atoms with E-state index in [1.807, 2.05) is 24.3 Å². The molecule has 0 radical (unpaired) electrons. The fourth-order valence-electron chi connectivity index (χ4n) is 4.25. The van der Waals surface area contributed by atoms with Crippen molar-refractivity contribution < 1.29 is 19.7 Å². The number of aromatic nitrogens is 2. The topological polar surface area (TPSA) is 102 Å². The summed E-state index contributed by atoms with van der Waals surface area (Å²) in [6.07, 6.45) is 0.104. The lowest BCUT2D eigenvalue weighted by Crippen LogP contribution is -2.44. The Labute approximate surface area is 171 Å². The average molecular weight is 402 g/mol. The quantitative estimate of drug-likeness (QED) is 0.369. The Balaban J connectivity index is 1.76. The van der Waals surface area contributed by atoms with E-state index in [1.165, 1.54) is 0 Å². The number of carbonyl (C=O) groups excluding carboxylic acids is 1. The maximum atomic E-state index is 13.2. The van der Waals surface area contributed by atoms with Gasteiger partial charge in [-0.3, -0.25) is 4.79 Å². The summed E-state index contributed by atoms with van der Waals surface area (Å²) in [7, 11) is 0. The standard InChI is InChI=1S/C23H18N2O5/c1-2-23(29)17-10-19-20-14(11-25(19)21(27)16(17)12-30-22(23)28)9-15-13(6-4-8-26)5-3-7-18(15)24-20/h3,5,7,9-10,26,29H,2,8,11-12H2,1H3/t23-/m0/s1. The predicted octanol–water partition coefficient (Wildman–Crippen LogP) is 1.42. The van der Waals surface area contributed by atoms with Crippen LogP contribution in [0.5, 0.6) is 0 Å². The zero-order valence-electron chi connectivity index (χ0n) is 16.2. The molecule has 3 aromatic rings. The van der Waals surface area contributed by atoms with E-state index in [1.54, 1.807) is 17.6 Å². The van der Waals surface area contributed by atoms with Crippen molar-refractivity contribution in [2.24, 2.45) is 0 Å². The van der Waals surface area contributed by atoms with Crippen LogP contribution in [0.15, 0.2) is 35.1 Å². The van der Waals surface area contributed by atoms with Crippen LogP contribution in [0.3, 0.4) is 0 Å². The van der Waals surface area contributed by atoms with Gasteiger partial charge in [0.05, 0.1) is 29.0 Å². The first-order valence-electron chi connectivity index (χ1n) is 9.67. The van der Waals surface area contributed by atoms with Gasteiger partial charge in [0.25, 0.3) is 5.56 Å². The van der Waals surface area contributed by atoms with Gasteiger partial charge in [-0.2, -0.15) is 0 Å². The molecule has 30 heavy (non-hydrogen) atoms. The van der Waals surface area contributed by atoms with Gasteiger partial charge in [0, 0.05) is 22.1 Å². The molecule has 2 aliphatic heterocycles. The molecule has 2 aromatic heterocycles. The van der Waals surface area contributed by atoms with Gasteiger partial charge in [-0.15, -0.1) is 0 Å². The summed E-state index contributed by atoms with van der Waals surface area (Å²) in [5.74, 6) is 4.85. The average Bonchev–Trinajstić information content (AvgIpc) is 3.11. The van der Waals surface area contributed by atoms with Gasteiger partial charge < -0.3 is 19.5 Å². The van der Waals surface area contributed by atoms with E-state index in [4.69, 9.17) is 14.8 Å². The van der Waals surface area contributed by atoms with Crippen molar-refractivity contribution in [3.05, 3.63) is 62.9 Å². The lowest BCUT2D eigenvalue weighted by atomic mass is 9.86. The normalized spacial score (nSPS) is 18.8. The molecule has 7 nitrogen and oxygen atoms in total. The lowest BCUT2D eigenvalue weighted by molar-refractivity contribution is -0.172. The maximum absolute atomic E-state index is 13.2. The van der Waals surface area contributed by atoms with E-state index in [0.717, 1.165) is 16.5 Å². The molecule has 0 fully saturated rings. The van der Waals surface area contributed by atoms with Crippen LogP contribution >= 0.6 is 0 Å². The molecule has 0 spiro atoms. The second kappa shape index (κ2) is 6.52. The summed E-state index contributed by atoms with van der Waals surface area (Å²) in [5.41, 5.74) is 2.01. The molecule has 4 heterocycles. The molecule has 0 aliphatic carbocycles. The monoisotopic (exact) mass is 402 g/mol. The molecule has 0 amide bonds. The minimum Gasteiger partial charge on any atom is -0.458 e. The zero-order chi connectivity index (χ0) is 21.0. The third kappa shape index (κ3) is 2.45. The number of fused-ring (bicyclic) bond motifs is 5. The summed E-state index contributed by atoms with van der Waals surface area (Å²) < 4.78 is 6.69. The van der Waals surface area contributed by atoms with E-state index in [2.05, 4.69) is 11.8 Å². The van der Waals surface area contributed by atoms with Crippen LogP contribution in [-0.4, -0.2) is 32.3 Å². The van der Waals surface area contributed by atoms with Crippen molar-refractivity contribution in [2.45, 2.75) is 32.1 Å². The molecule has 5 rings (SSSR count). The van der Waals surface area contributed by atoms with Crippen LogP contribution < -0.4 is 5.56 Å². The molecule has 0 saturated carbocycles. The predicted molar refractivity (Wildman–Crippen MR) is 108 cm³/mol. The highest BCUT2D eigenvalue weighted by Gasteiger charge is 2.45. The molecule has 2 aliphatic rings. The van der Waals surface area contributed by atoms with Crippen molar-refractivity contribution in [1.82, 2.24) is 9.55 Å². The lowest BCUT2D eigenvalue weighted by Gasteiger charge is -2.31. The Bertz CT molecular complexity index is 1360. The molecule has 1 atom stereocenters. The number of rotatable bonds is 1. The number of nitrogens with zero attached hydrogens (tertiary/aromatic N) is 2. The van der Waals surface area contributed by atoms with Crippen molar-refractivity contribution in [3.63, 3.8) is 0 Å². The van der Waals surface area contributed by atoms with Gasteiger partial charge in [-0.1, -0.05) is 24.8 Å². The van der Waals surface area contributed by atoms with Gasteiger partial charge in [0.1, 0.15) is 13.2 Å². The third-order valence-electron chi connectivity index (χ3n) is 5.85. The van der Waals surface area contributed by atoms with Crippen molar-refractivity contribution >= 4 is 16.9 Å². The Morgan fingerprint density at radius 1 is 1.30 bits per heavy atom. The van der Waals surface area contributed by atoms with Gasteiger partial charge in [-0.25, -0.2) is 9.78 Å². The molecule has 150 valence electrons. The first kappa shape index (κ1) is 18.6. The van der Waals surface area contributed by atoms with E-state index in [9.17, 15) is 14.7 Å². The summed E-state index contributed by atoms with van der Waals surface area (Å²) in [6, 6.07) is 9.21.